The van der Waals surface area contributed by atoms with Gasteiger partial charge < -0.3 is 10.2 Å². The molecule has 0 saturated carbocycles. The smallest absolute Gasteiger partial charge is 0.164 e. The van der Waals surface area contributed by atoms with Crippen LogP contribution < -0.4 is 5.32 Å². The van der Waals surface area contributed by atoms with Gasteiger partial charge in [-0.1, -0.05) is 6.07 Å². The number of piperazine rings is 1. The Bertz CT molecular complexity index is 462. The van der Waals surface area contributed by atoms with Gasteiger partial charge in [0.15, 0.2) is 5.78 Å². The average Bonchev–Trinajstić information content (AvgIpc) is 2.41. The number of Topliss-reactive ketones (excluding diaryl/α,β-unsaturated/α-hetero) is 1. The van der Waals surface area contributed by atoms with Gasteiger partial charge in [0.25, 0.3) is 0 Å². The third-order valence-electron chi connectivity index (χ3n) is 4.01. The maximum Gasteiger partial charge on any atom is 0.164 e. The fourth-order valence-corrected chi connectivity index (χ4v) is 2.59. The number of carbonyl (C=O) groups excluding carboxylic acids is 1. The maximum absolute atomic E-state index is 12.3. The number of hydrogen-bond acceptors (Lipinski definition) is 3. The van der Waals surface area contributed by atoms with Gasteiger partial charge in [-0.15, -0.1) is 0 Å². The van der Waals surface area contributed by atoms with Crippen LogP contribution in [0.5, 0.6) is 0 Å². The lowest BCUT2D eigenvalue weighted by Crippen LogP contribution is -2.44. The fraction of sp³-hybridized carbons (Fsp3) is 0.562. The van der Waals surface area contributed by atoms with Gasteiger partial charge in [0.1, 0.15) is 0 Å². The molecule has 1 aromatic carbocycles. The van der Waals surface area contributed by atoms with Crippen molar-refractivity contribution in [2.45, 2.75) is 27.2 Å². The Hall–Kier alpha value is -1.19. The minimum Gasteiger partial charge on any atom is -0.314 e. The molecule has 104 valence electrons. The van der Waals surface area contributed by atoms with E-state index in [-0.39, 0.29) is 5.78 Å². The van der Waals surface area contributed by atoms with E-state index in [4.69, 9.17) is 0 Å². The monoisotopic (exact) mass is 260 g/mol. The average molecular weight is 260 g/mol. The Kier molecular flexibility index (Phi) is 4.72. The molecule has 0 atom stereocenters. The van der Waals surface area contributed by atoms with E-state index >= 15 is 0 Å². The molecule has 1 heterocycles. The lowest BCUT2D eigenvalue weighted by Gasteiger charge is -2.26. The second kappa shape index (κ2) is 6.31. The highest BCUT2D eigenvalue weighted by atomic mass is 16.1. The summed E-state index contributed by atoms with van der Waals surface area (Å²) < 4.78 is 0. The lowest BCUT2D eigenvalue weighted by molar-refractivity contribution is 0.0960. The van der Waals surface area contributed by atoms with Crippen molar-refractivity contribution in [1.29, 1.82) is 0 Å². The van der Waals surface area contributed by atoms with Crippen molar-refractivity contribution >= 4 is 5.78 Å². The molecule has 0 radical (unpaired) electrons. The van der Waals surface area contributed by atoms with E-state index in [1.807, 2.05) is 13.0 Å². The van der Waals surface area contributed by atoms with Gasteiger partial charge >= 0.3 is 0 Å². The summed E-state index contributed by atoms with van der Waals surface area (Å²) >= 11 is 0. The molecular weight excluding hydrogens is 236 g/mol. The van der Waals surface area contributed by atoms with E-state index in [9.17, 15) is 4.79 Å². The van der Waals surface area contributed by atoms with E-state index in [0.717, 1.165) is 43.9 Å². The van der Waals surface area contributed by atoms with Crippen molar-refractivity contribution in [2.75, 3.05) is 32.7 Å². The third-order valence-corrected chi connectivity index (χ3v) is 4.01. The highest BCUT2D eigenvalue weighted by molar-refractivity contribution is 5.97. The number of rotatable bonds is 4. The van der Waals surface area contributed by atoms with Gasteiger partial charge in [0.05, 0.1) is 0 Å². The van der Waals surface area contributed by atoms with Gasteiger partial charge in [0, 0.05) is 44.7 Å². The topological polar surface area (TPSA) is 32.3 Å². The summed E-state index contributed by atoms with van der Waals surface area (Å²) in [5.74, 6) is 0.277. The number of nitrogens with zero attached hydrogens (tertiary/aromatic N) is 1. The van der Waals surface area contributed by atoms with Crippen LogP contribution in [0.3, 0.4) is 0 Å². The fourth-order valence-electron chi connectivity index (χ4n) is 2.59. The first-order valence-corrected chi connectivity index (χ1v) is 7.12. The van der Waals surface area contributed by atoms with Crippen molar-refractivity contribution in [3.8, 4) is 0 Å². The molecule has 1 aliphatic rings. The predicted molar refractivity (Wildman–Crippen MR) is 78.9 cm³/mol. The first-order valence-electron chi connectivity index (χ1n) is 7.12. The second-order valence-electron chi connectivity index (χ2n) is 5.52. The maximum atomic E-state index is 12.3. The molecule has 3 nitrogen and oxygen atoms in total. The molecule has 19 heavy (non-hydrogen) atoms. The van der Waals surface area contributed by atoms with Crippen molar-refractivity contribution in [3.63, 3.8) is 0 Å². The van der Waals surface area contributed by atoms with Crippen LogP contribution in [0.1, 0.15) is 33.5 Å². The summed E-state index contributed by atoms with van der Waals surface area (Å²) in [5.41, 5.74) is 4.47. The zero-order valence-corrected chi connectivity index (χ0v) is 12.3. The third kappa shape index (κ3) is 3.64. The molecule has 0 unspecified atom stereocenters. The quantitative estimate of drug-likeness (QED) is 0.841. The summed E-state index contributed by atoms with van der Waals surface area (Å²) in [7, 11) is 0. The lowest BCUT2D eigenvalue weighted by atomic mass is 9.97. The van der Waals surface area contributed by atoms with E-state index in [2.05, 4.69) is 30.1 Å². The number of aryl methyl sites for hydroxylation is 3. The van der Waals surface area contributed by atoms with Gasteiger partial charge in [0.2, 0.25) is 0 Å². The molecule has 0 bridgehead atoms. The summed E-state index contributed by atoms with van der Waals surface area (Å²) in [6.45, 7) is 11.3. The van der Waals surface area contributed by atoms with Crippen LogP contribution >= 0.6 is 0 Å². The standard InChI is InChI=1S/C16H24N2O/c1-12-10-14(3)15(11-13(12)2)16(19)4-7-18-8-5-17-6-9-18/h10-11,17H,4-9H2,1-3H3. The van der Waals surface area contributed by atoms with E-state index in [0.29, 0.717) is 6.42 Å². The highest BCUT2D eigenvalue weighted by Gasteiger charge is 2.14. The predicted octanol–water partition coefficient (Wildman–Crippen LogP) is 2.09. The van der Waals surface area contributed by atoms with Crippen LogP contribution in [0.4, 0.5) is 0 Å². The highest BCUT2D eigenvalue weighted by Crippen LogP contribution is 2.17. The molecule has 2 rings (SSSR count). The molecule has 1 saturated heterocycles. The van der Waals surface area contributed by atoms with E-state index in [1.165, 1.54) is 11.1 Å². The van der Waals surface area contributed by atoms with Crippen molar-refractivity contribution < 1.29 is 4.79 Å². The summed E-state index contributed by atoms with van der Waals surface area (Å²) in [6, 6.07) is 4.16. The molecule has 0 aliphatic carbocycles. The Morgan fingerprint density at radius 2 is 1.74 bits per heavy atom. The molecule has 1 N–H and O–H groups in total. The van der Waals surface area contributed by atoms with E-state index < -0.39 is 0 Å². The molecule has 1 aromatic rings. The van der Waals surface area contributed by atoms with Crippen LogP contribution in [0.15, 0.2) is 12.1 Å². The number of benzene rings is 1. The van der Waals surface area contributed by atoms with Gasteiger partial charge in [-0.05, 0) is 43.5 Å². The zero-order chi connectivity index (χ0) is 13.8. The van der Waals surface area contributed by atoms with Crippen LogP contribution in [-0.4, -0.2) is 43.4 Å². The summed E-state index contributed by atoms with van der Waals surface area (Å²) in [5, 5.41) is 3.33. The first-order chi connectivity index (χ1) is 9.08. The molecule has 1 aliphatic heterocycles. The largest absolute Gasteiger partial charge is 0.314 e. The first kappa shape index (κ1) is 14.2. The molecule has 0 spiro atoms. The SMILES string of the molecule is Cc1cc(C)c(C(=O)CCN2CCNCC2)cc1C. The van der Waals surface area contributed by atoms with Gasteiger partial charge in [-0.2, -0.15) is 0 Å². The minimum atomic E-state index is 0.277. The van der Waals surface area contributed by atoms with Crippen LogP contribution in [0.25, 0.3) is 0 Å². The Morgan fingerprint density at radius 3 is 2.42 bits per heavy atom. The Morgan fingerprint density at radius 1 is 1.11 bits per heavy atom. The number of hydrogen-bond donors (Lipinski definition) is 1. The van der Waals surface area contributed by atoms with Crippen LogP contribution in [-0.2, 0) is 0 Å². The Labute approximate surface area is 116 Å². The summed E-state index contributed by atoms with van der Waals surface area (Å²) in [6.07, 6.45) is 0.628. The molecular formula is C16H24N2O. The molecule has 1 fully saturated rings. The van der Waals surface area contributed by atoms with Gasteiger partial charge in [-0.3, -0.25) is 4.79 Å². The van der Waals surface area contributed by atoms with Crippen LogP contribution in [0.2, 0.25) is 0 Å². The van der Waals surface area contributed by atoms with Crippen LogP contribution in [0, 0.1) is 20.8 Å². The molecule has 0 amide bonds. The second-order valence-corrected chi connectivity index (χ2v) is 5.52. The van der Waals surface area contributed by atoms with Crippen molar-refractivity contribution in [3.05, 3.63) is 34.4 Å². The zero-order valence-electron chi connectivity index (χ0n) is 12.3. The van der Waals surface area contributed by atoms with Crippen molar-refractivity contribution in [1.82, 2.24) is 10.2 Å². The van der Waals surface area contributed by atoms with Gasteiger partial charge in [-0.25, -0.2) is 0 Å². The number of nitrogens with one attached hydrogen (secondary N) is 1. The summed E-state index contributed by atoms with van der Waals surface area (Å²) in [4.78, 5) is 14.7. The molecule has 0 aromatic heterocycles. The van der Waals surface area contributed by atoms with Crippen molar-refractivity contribution in [2.24, 2.45) is 0 Å². The Balaban J connectivity index is 1.97. The molecule has 3 heteroatoms. The number of carbonyl (C=O) groups is 1. The normalized spacial score (nSPS) is 16.6. The minimum absolute atomic E-state index is 0.277. The number of ketones is 1. The van der Waals surface area contributed by atoms with E-state index in [1.54, 1.807) is 0 Å².